The third-order valence-corrected chi connectivity index (χ3v) is 6.14. The Labute approximate surface area is 123 Å². The van der Waals surface area contributed by atoms with Crippen LogP contribution in [0.5, 0.6) is 0 Å². The zero-order chi connectivity index (χ0) is 14.9. The molecule has 0 saturated carbocycles. The first kappa shape index (κ1) is 15.7. The molecule has 1 saturated heterocycles. The molecule has 2 unspecified atom stereocenters. The van der Waals surface area contributed by atoms with E-state index in [0.29, 0.717) is 13.0 Å². The number of hydrogen-bond acceptors (Lipinski definition) is 3. The van der Waals surface area contributed by atoms with Gasteiger partial charge in [-0.15, -0.1) is 0 Å². The van der Waals surface area contributed by atoms with Gasteiger partial charge < -0.3 is 5.11 Å². The molecular formula is C13H17ClFNO3S. The van der Waals surface area contributed by atoms with Gasteiger partial charge in [0.25, 0.3) is 0 Å². The summed E-state index contributed by atoms with van der Waals surface area (Å²) in [5.74, 6) is -0.602. The molecule has 0 bridgehead atoms. The number of benzene rings is 1. The second kappa shape index (κ2) is 5.97. The predicted octanol–water partition coefficient (Wildman–Crippen LogP) is 2.26. The Bertz CT molecular complexity index is 593. The van der Waals surface area contributed by atoms with Gasteiger partial charge >= 0.3 is 0 Å². The number of sulfonamides is 1. The fourth-order valence-electron chi connectivity index (χ4n) is 2.58. The molecule has 1 fully saturated rings. The zero-order valence-corrected chi connectivity index (χ0v) is 12.7. The molecule has 1 aliphatic heterocycles. The minimum atomic E-state index is -3.91. The van der Waals surface area contributed by atoms with Crippen LogP contribution in [0.4, 0.5) is 4.39 Å². The van der Waals surface area contributed by atoms with E-state index in [-0.39, 0.29) is 22.4 Å². The first-order valence-electron chi connectivity index (χ1n) is 6.45. The summed E-state index contributed by atoms with van der Waals surface area (Å²) in [5, 5.41) is 9.44. The van der Waals surface area contributed by atoms with Crippen molar-refractivity contribution in [2.75, 3.05) is 13.2 Å². The van der Waals surface area contributed by atoms with E-state index in [1.54, 1.807) is 0 Å². The molecular weight excluding hydrogens is 305 g/mol. The highest BCUT2D eigenvalue weighted by atomic mass is 35.5. The molecule has 20 heavy (non-hydrogen) atoms. The summed E-state index contributed by atoms with van der Waals surface area (Å²) in [4.78, 5) is -0.244. The van der Waals surface area contributed by atoms with E-state index in [9.17, 15) is 17.9 Å². The summed E-state index contributed by atoms with van der Waals surface area (Å²) in [5.41, 5.74) is 0. The van der Waals surface area contributed by atoms with Gasteiger partial charge in [0.2, 0.25) is 10.0 Å². The van der Waals surface area contributed by atoms with Crippen LogP contribution in [0, 0.1) is 11.7 Å². The molecule has 1 aromatic carbocycles. The van der Waals surface area contributed by atoms with Gasteiger partial charge in [0, 0.05) is 6.54 Å². The molecule has 2 rings (SSSR count). The van der Waals surface area contributed by atoms with E-state index < -0.39 is 21.9 Å². The maximum absolute atomic E-state index is 13.3. The van der Waals surface area contributed by atoms with Crippen LogP contribution in [-0.4, -0.2) is 37.0 Å². The topological polar surface area (TPSA) is 57.6 Å². The molecule has 0 aromatic heterocycles. The van der Waals surface area contributed by atoms with E-state index in [0.717, 1.165) is 18.6 Å². The van der Waals surface area contributed by atoms with E-state index >= 15 is 0 Å². The van der Waals surface area contributed by atoms with Crippen molar-refractivity contribution in [2.24, 2.45) is 5.92 Å². The highest BCUT2D eigenvalue weighted by Crippen LogP contribution is 2.32. The fraction of sp³-hybridized carbons (Fsp3) is 0.538. The van der Waals surface area contributed by atoms with Crippen molar-refractivity contribution >= 4 is 21.6 Å². The summed E-state index contributed by atoms with van der Waals surface area (Å²) in [6.45, 7) is 1.95. The van der Waals surface area contributed by atoms with Crippen molar-refractivity contribution in [3.8, 4) is 0 Å². The van der Waals surface area contributed by atoms with Crippen LogP contribution in [0.3, 0.4) is 0 Å². The molecule has 7 heteroatoms. The van der Waals surface area contributed by atoms with Crippen molar-refractivity contribution in [2.45, 2.75) is 30.7 Å². The normalized spacial score (nSPS) is 24.8. The Morgan fingerprint density at radius 3 is 2.85 bits per heavy atom. The Morgan fingerprint density at radius 1 is 1.50 bits per heavy atom. The number of hydrogen-bond donors (Lipinski definition) is 1. The first-order valence-corrected chi connectivity index (χ1v) is 8.27. The molecule has 1 heterocycles. The van der Waals surface area contributed by atoms with Gasteiger partial charge in [-0.05, 0) is 37.0 Å². The molecule has 0 aliphatic carbocycles. The summed E-state index contributed by atoms with van der Waals surface area (Å²) < 4.78 is 39.8. The van der Waals surface area contributed by atoms with Gasteiger partial charge in [-0.1, -0.05) is 18.5 Å². The van der Waals surface area contributed by atoms with Gasteiger partial charge in [0.1, 0.15) is 10.7 Å². The van der Waals surface area contributed by atoms with Crippen LogP contribution in [0.15, 0.2) is 23.1 Å². The Hall–Kier alpha value is -0.690. The molecule has 0 amide bonds. The van der Waals surface area contributed by atoms with Crippen molar-refractivity contribution in [3.05, 3.63) is 29.0 Å². The smallest absolute Gasteiger partial charge is 0.245 e. The maximum atomic E-state index is 13.3. The first-order chi connectivity index (χ1) is 9.37. The molecule has 0 radical (unpaired) electrons. The van der Waals surface area contributed by atoms with Crippen LogP contribution in [0.1, 0.15) is 19.8 Å². The summed E-state index contributed by atoms with van der Waals surface area (Å²) >= 11 is 5.89. The van der Waals surface area contributed by atoms with E-state index in [2.05, 4.69) is 0 Å². The second-order valence-corrected chi connectivity index (χ2v) is 7.33. The number of aliphatic hydroxyl groups excluding tert-OH is 1. The number of nitrogens with zero attached hydrogens (tertiary/aromatic N) is 1. The standard InChI is InChI=1S/C13H17ClFNO3S/c1-9-3-2-6-16(12(9)8-17)20(18,19)13-7-10(15)4-5-11(13)14/h4-5,7,9,12,17H,2-3,6,8H2,1H3. The van der Waals surface area contributed by atoms with E-state index in [1.165, 1.54) is 10.4 Å². The molecule has 1 N–H and O–H groups in total. The minimum absolute atomic E-state index is 0.0127. The van der Waals surface area contributed by atoms with Gasteiger partial charge in [-0.25, -0.2) is 12.8 Å². The Morgan fingerprint density at radius 2 is 2.20 bits per heavy atom. The van der Waals surface area contributed by atoms with Crippen LogP contribution in [0.25, 0.3) is 0 Å². The summed E-state index contributed by atoms with van der Waals surface area (Å²) in [6, 6.07) is 2.77. The maximum Gasteiger partial charge on any atom is 0.245 e. The lowest BCUT2D eigenvalue weighted by molar-refractivity contribution is 0.113. The third kappa shape index (κ3) is 2.83. The van der Waals surface area contributed by atoms with E-state index in [1.807, 2.05) is 6.92 Å². The average molecular weight is 322 g/mol. The number of halogens is 2. The highest BCUT2D eigenvalue weighted by molar-refractivity contribution is 7.89. The molecule has 0 spiro atoms. The van der Waals surface area contributed by atoms with Crippen LogP contribution in [0.2, 0.25) is 5.02 Å². The quantitative estimate of drug-likeness (QED) is 0.929. The Balaban J connectivity index is 2.45. The van der Waals surface area contributed by atoms with Crippen molar-refractivity contribution in [1.29, 1.82) is 0 Å². The SMILES string of the molecule is CC1CCCN(S(=O)(=O)c2cc(F)ccc2Cl)C1CO. The van der Waals surface area contributed by atoms with Gasteiger partial charge in [-0.2, -0.15) is 4.31 Å². The molecule has 1 aromatic rings. The average Bonchev–Trinajstić information content (AvgIpc) is 2.41. The second-order valence-electron chi connectivity index (χ2n) is 5.06. The lowest BCUT2D eigenvalue weighted by Crippen LogP contribution is -2.49. The number of rotatable bonds is 3. The minimum Gasteiger partial charge on any atom is -0.395 e. The van der Waals surface area contributed by atoms with Gasteiger partial charge in [-0.3, -0.25) is 0 Å². The fourth-order valence-corrected chi connectivity index (χ4v) is 4.82. The number of aliphatic hydroxyl groups is 1. The van der Waals surface area contributed by atoms with Crippen molar-refractivity contribution in [1.82, 2.24) is 4.31 Å². The lowest BCUT2D eigenvalue weighted by Gasteiger charge is -2.38. The molecule has 1 aliphatic rings. The van der Waals surface area contributed by atoms with Crippen molar-refractivity contribution in [3.63, 3.8) is 0 Å². The zero-order valence-electron chi connectivity index (χ0n) is 11.1. The monoisotopic (exact) mass is 321 g/mol. The lowest BCUT2D eigenvalue weighted by atomic mass is 9.93. The van der Waals surface area contributed by atoms with Crippen LogP contribution >= 0.6 is 11.6 Å². The summed E-state index contributed by atoms with van der Waals surface area (Å²) in [6.07, 6.45) is 1.57. The predicted molar refractivity (Wildman–Crippen MR) is 74.6 cm³/mol. The van der Waals surface area contributed by atoms with Crippen LogP contribution in [-0.2, 0) is 10.0 Å². The van der Waals surface area contributed by atoms with Gasteiger partial charge in [0.15, 0.2) is 0 Å². The molecule has 112 valence electrons. The summed E-state index contributed by atoms with van der Waals surface area (Å²) in [7, 11) is -3.91. The van der Waals surface area contributed by atoms with E-state index in [4.69, 9.17) is 11.6 Å². The highest BCUT2D eigenvalue weighted by Gasteiger charge is 2.37. The van der Waals surface area contributed by atoms with Crippen molar-refractivity contribution < 1.29 is 17.9 Å². The largest absolute Gasteiger partial charge is 0.395 e. The number of piperidine rings is 1. The molecule has 4 nitrogen and oxygen atoms in total. The molecule has 2 atom stereocenters. The third-order valence-electron chi connectivity index (χ3n) is 3.73. The Kier molecular flexibility index (Phi) is 4.69. The van der Waals surface area contributed by atoms with Crippen LogP contribution < -0.4 is 0 Å². The van der Waals surface area contributed by atoms with Gasteiger partial charge in [0.05, 0.1) is 17.7 Å².